The minimum absolute atomic E-state index is 0. The molecule has 144 valence electrons. The zero-order valence-corrected chi connectivity index (χ0v) is 17.1. The van der Waals surface area contributed by atoms with Gasteiger partial charge in [-0.25, -0.2) is 0 Å². The van der Waals surface area contributed by atoms with E-state index in [2.05, 4.69) is 41.0 Å². The summed E-state index contributed by atoms with van der Waals surface area (Å²) in [6.45, 7) is 3.67. The van der Waals surface area contributed by atoms with Crippen molar-refractivity contribution in [3.05, 3.63) is 88.5 Å². The molecule has 0 bridgehead atoms. The van der Waals surface area contributed by atoms with Crippen molar-refractivity contribution in [2.75, 3.05) is 13.1 Å². The van der Waals surface area contributed by atoms with E-state index in [9.17, 15) is 4.79 Å². The minimum Gasteiger partial charge on any atom is -0.345 e. The molecule has 3 aromatic rings. The number of benzene rings is 3. The number of amides is 1. The summed E-state index contributed by atoms with van der Waals surface area (Å²) >= 11 is 6.33. The fraction of sp³-hybridized carbons (Fsp3) is 0.174. The van der Waals surface area contributed by atoms with Crippen molar-refractivity contribution in [1.29, 1.82) is 0 Å². The van der Waals surface area contributed by atoms with Gasteiger partial charge in [0.25, 0.3) is 5.91 Å². The van der Waals surface area contributed by atoms with E-state index in [-0.39, 0.29) is 24.4 Å². The van der Waals surface area contributed by atoms with Crippen molar-refractivity contribution in [2.24, 2.45) is 0 Å². The number of rotatable bonds is 4. The van der Waals surface area contributed by atoms with Crippen molar-refractivity contribution in [3.8, 4) is 0 Å². The van der Waals surface area contributed by atoms with Crippen LogP contribution < -0.4 is 10.6 Å². The van der Waals surface area contributed by atoms with Crippen molar-refractivity contribution in [2.45, 2.75) is 13.0 Å². The molecule has 0 aromatic heterocycles. The second kappa shape index (κ2) is 8.78. The average molecular weight is 413 g/mol. The molecule has 0 aliphatic carbocycles. The lowest BCUT2D eigenvalue weighted by atomic mass is 9.99. The lowest BCUT2D eigenvalue weighted by Gasteiger charge is -2.17. The molecule has 4 rings (SSSR count). The van der Waals surface area contributed by atoms with E-state index in [1.165, 1.54) is 5.57 Å². The van der Waals surface area contributed by atoms with Crippen LogP contribution in [0, 0.1) is 0 Å². The third-order valence-corrected chi connectivity index (χ3v) is 5.36. The summed E-state index contributed by atoms with van der Waals surface area (Å²) in [6, 6.07) is 19.9. The second-order valence-electron chi connectivity index (χ2n) is 6.82. The minimum atomic E-state index is -0.158. The fourth-order valence-corrected chi connectivity index (χ4v) is 3.78. The molecular weight excluding hydrogens is 391 g/mol. The molecule has 2 N–H and O–H groups in total. The molecule has 1 amide bonds. The zero-order chi connectivity index (χ0) is 18.8. The summed E-state index contributed by atoms with van der Waals surface area (Å²) in [7, 11) is 0. The molecule has 28 heavy (non-hydrogen) atoms. The Labute approximate surface area is 176 Å². The van der Waals surface area contributed by atoms with Crippen LogP contribution in [0.5, 0.6) is 0 Å². The fourth-order valence-electron chi connectivity index (χ4n) is 3.57. The topological polar surface area (TPSA) is 41.1 Å². The van der Waals surface area contributed by atoms with E-state index in [4.69, 9.17) is 11.6 Å². The first-order valence-corrected chi connectivity index (χ1v) is 9.49. The molecule has 1 aliphatic rings. The number of hydrogen-bond donors (Lipinski definition) is 2. The Kier molecular flexibility index (Phi) is 6.40. The van der Waals surface area contributed by atoms with Crippen molar-refractivity contribution >= 4 is 46.3 Å². The first-order chi connectivity index (χ1) is 13.1. The molecule has 0 saturated heterocycles. The average Bonchev–Trinajstić information content (AvgIpc) is 3.22. The zero-order valence-electron chi connectivity index (χ0n) is 15.5. The quantitative estimate of drug-likeness (QED) is 0.602. The van der Waals surface area contributed by atoms with Crippen LogP contribution in [-0.2, 0) is 0 Å². The summed E-state index contributed by atoms with van der Waals surface area (Å²) in [5.74, 6) is -0.158. The summed E-state index contributed by atoms with van der Waals surface area (Å²) < 4.78 is 0. The lowest BCUT2D eigenvalue weighted by molar-refractivity contribution is 0.0940. The second-order valence-corrected chi connectivity index (χ2v) is 7.23. The standard InChI is InChI=1S/C23H21ClN2O.ClH/c1-15(19-8-4-6-16-5-2-3-7-20(16)19)26-23(27)21-13-17(9-10-22(21)24)18-11-12-25-14-18;/h2-11,13,15,25H,12,14H2,1H3,(H,26,27);1H/t15-;/m1./s1. The molecule has 1 aliphatic heterocycles. The first kappa shape index (κ1) is 20.4. The van der Waals surface area contributed by atoms with Gasteiger partial charge in [-0.15, -0.1) is 12.4 Å². The van der Waals surface area contributed by atoms with Gasteiger partial charge in [-0.3, -0.25) is 4.79 Å². The van der Waals surface area contributed by atoms with Crippen LogP contribution in [0.4, 0.5) is 0 Å². The summed E-state index contributed by atoms with van der Waals surface area (Å²) in [5.41, 5.74) is 3.83. The number of halogens is 2. The van der Waals surface area contributed by atoms with Crippen LogP contribution in [0.2, 0.25) is 5.02 Å². The van der Waals surface area contributed by atoms with Gasteiger partial charge in [0.15, 0.2) is 0 Å². The molecule has 3 aromatic carbocycles. The molecule has 0 fully saturated rings. The Morgan fingerprint density at radius 1 is 1.11 bits per heavy atom. The molecular formula is C23H22Cl2N2O. The molecule has 0 unspecified atom stereocenters. The Bertz CT molecular complexity index is 1040. The van der Waals surface area contributed by atoms with Crippen LogP contribution in [-0.4, -0.2) is 19.0 Å². The highest BCUT2D eigenvalue weighted by Crippen LogP contribution is 2.26. The van der Waals surface area contributed by atoms with E-state index in [1.807, 2.05) is 37.3 Å². The molecule has 0 spiro atoms. The van der Waals surface area contributed by atoms with Gasteiger partial charge >= 0.3 is 0 Å². The molecule has 5 heteroatoms. The molecule has 0 radical (unpaired) electrons. The van der Waals surface area contributed by atoms with Crippen LogP contribution in [0.15, 0.2) is 66.7 Å². The van der Waals surface area contributed by atoms with Gasteiger partial charge in [0, 0.05) is 13.1 Å². The molecule has 3 nitrogen and oxygen atoms in total. The highest BCUT2D eigenvalue weighted by Gasteiger charge is 2.17. The highest BCUT2D eigenvalue weighted by atomic mass is 35.5. The first-order valence-electron chi connectivity index (χ1n) is 9.11. The summed E-state index contributed by atoms with van der Waals surface area (Å²) in [4.78, 5) is 12.9. The SMILES string of the molecule is C[C@@H](NC(=O)c1cc(C2=CCNC2)ccc1Cl)c1cccc2ccccc12.Cl. The van der Waals surface area contributed by atoms with Gasteiger partial charge in [0.2, 0.25) is 0 Å². The van der Waals surface area contributed by atoms with Crippen molar-refractivity contribution in [3.63, 3.8) is 0 Å². The normalized spacial score (nSPS) is 14.3. The van der Waals surface area contributed by atoms with Crippen LogP contribution in [0.1, 0.15) is 34.5 Å². The predicted molar refractivity (Wildman–Crippen MR) is 119 cm³/mol. The van der Waals surface area contributed by atoms with Crippen LogP contribution in [0.25, 0.3) is 16.3 Å². The third-order valence-electron chi connectivity index (χ3n) is 5.03. The van der Waals surface area contributed by atoms with E-state index >= 15 is 0 Å². The van der Waals surface area contributed by atoms with Gasteiger partial charge in [0.1, 0.15) is 0 Å². The number of fused-ring (bicyclic) bond motifs is 1. The Balaban J connectivity index is 0.00000225. The largest absolute Gasteiger partial charge is 0.345 e. The van der Waals surface area contributed by atoms with E-state index in [1.54, 1.807) is 6.07 Å². The maximum Gasteiger partial charge on any atom is 0.253 e. The van der Waals surface area contributed by atoms with Crippen molar-refractivity contribution < 1.29 is 4.79 Å². The number of carbonyl (C=O) groups is 1. The molecule has 1 atom stereocenters. The molecule has 1 heterocycles. The third kappa shape index (κ3) is 4.07. The van der Waals surface area contributed by atoms with Crippen molar-refractivity contribution in [1.82, 2.24) is 10.6 Å². The summed E-state index contributed by atoms with van der Waals surface area (Å²) in [5, 5.41) is 9.16. The van der Waals surface area contributed by atoms with Gasteiger partial charge in [0.05, 0.1) is 16.6 Å². The van der Waals surface area contributed by atoms with E-state index in [0.717, 1.165) is 35.0 Å². The van der Waals surface area contributed by atoms with Gasteiger partial charge < -0.3 is 10.6 Å². The van der Waals surface area contributed by atoms with Gasteiger partial charge in [-0.05, 0) is 46.5 Å². The van der Waals surface area contributed by atoms with E-state index < -0.39 is 0 Å². The van der Waals surface area contributed by atoms with E-state index in [0.29, 0.717) is 10.6 Å². The summed E-state index contributed by atoms with van der Waals surface area (Å²) in [6.07, 6.45) is 2.14. The van der Waals surface area contributed by atoms with Gasteiger partial charge in [-0.1, -0.05) is 66.2 Å². The van der Waals surface area contributed by atoms with Gasteiger partial charge in [-0.2, -0.15) is 0 Å². The lowest BCUT2D eigenvalue weighted by Crippen LogP contribution is -2.27. The number of nitrogens with one attached hydrogen (secondary N) is 2. The van der Waals surface area contributed by atoms with Crippen LogP contribution >= 0.6 is 24.0 Å². The predicted octanol–water partition coefficient (Wildman–Crippen LogP) is 5.39. The highest BCUT2D eigenvalue weighted by molar-refractivity contribution is 6.34. The maximum atomic E-state index is 12.9. The van der Waals surface area contributed by atoms with Crippen LogP contribution in [0.3, 0.4) is 0 Å². The smallest absolute Gasteiger partial charge is 0.253 e. The Morgan fingerprint density at radius 2 is 1.89 bits per heavy atom. The Hall–Kier alpha value is -2.33. The maximum absolute atomic E-state index is 12.9. The monoisotopic (exact) mass is 412 g/mol. The molecule has 0 saturated carbocycles. The number of hydrogen-bond acceptors (Lipinski definition) is 2. The number of carbonyl (C=O) groups excluding carboxylic acids is 1. The Morgan fingerprint density at radius 3 is 2.68 bits per heavy atom.